The van der Waals surface area contributed by atoms with Gasteiger partial charge in [0.1, 0.15) is 0 Å². The summed E-state index contributed by atoms with van der Waals surface area (Å²) in [5.41, 5.74) is 2.31. The second-order valence-electron chi connectivity index (χ2n) is 7.73. The molecule has 0 aliphatic carbocycles. The molecular weight excluding hydrogens is 358 g/mol. The van der Waals surface area contributed by atoms with Crippen molar-refractivity contribution in [2.24, 2.45) is 5.92 Å². The van der Waals surface area contributed by atoms with Crippen LogP contribution in [0.25, 0.3) is 11.1 Å². The molecule has 0 saturated carbocycles. The summed E-state index contributed by atoms with van der Waals surface area (Å²) in [5, 5.41) is 0. The first-order valence-electron chi connectivity index (χ1n) is 9.66. The van der Waals surface area contributed by atoms with Gasteiger partial charge >= 0.3 is 5.76 Å². The van der Waals surface area contributed by atoms with Crippen molar-refractivity contribution in [1.29, 1.82) is 0 Å². The molecule has 3 aromatic rings. The molecule has 7 nitrogen and oxygen atoms in total. The van der Waals surface area contributed by atoms with E-state index in [9.17, 15) is 14.4 Å². The van der Waals surface area contributed by atoms with Crippen molar-refractivity contribution in [2.45, 2.75) is 31.8 Å². The van der Waals surface area contributed by atoms with Crippen LogP contribution in [0.2, 0.25) is 0 Å². The normalized spacial score (nSPS) is 20.9. The minimum Gasteiger partial charge on any atom is -0.408 e. The Morgan fingerprint density at radius 1 is 1.04 bits per heavy atom. The van der Waals surface area contributed by atoms with E-state index in [1.54, 1.807) is 18.2 Å². The third-order valence-electron chi connectivity index (χ3n) is 5.96. The van der Waals surface area contributed by atoms with Crippen LogP contribution in [0.3, 0.4) is 0 Å². The topological polar surface area (TPSA) is 77.5 Å². The van der Waals surface area contributed by atoms with E-state index in [1.807, 2.05) is 33.7 Å². The summed E-state index contributed by atoms with van der Waals surface area (Å²) < 4.78 is 8.62. The van der Waals surface area contributed by atoms with Crippen LogP contribution in [-0.4, -0.2) is 33.0 Å². The summed E-state index contributed by atoms with van der Waals surface area (Å²) in [6, 6.07) is 12.6. The number of rotatable bonds is 3. The quantitative estimate of drug-likeness (QED) is 0.695. The first-order chi connectivity index (χ1) is 13.6. The van der Waals surface area contributed by atoms with Gasteiger partial charge in [-0.2, -0.15) is 0 Å². The van der Waals surface area contributed by atoms with Crippen molar-refractivity contribution < 1.29 is 9.21 Å². The zero-order chi connectivity index (χ0) is 19.3. The Morgan fingerprint density at radius 2 is 1.89 bits per heavy atom. The van der Waals surface area contributed by atoms with Crippen LogP contribution in [0.15, 0.2) is 56.5 Å². The molecule has 2 aliphatic heterocycles. The molecule has 1 fully saturated rings. The number of carbonyl (C=O) groups is 1. The second kappa shape index (κ2) is 6.51. The van der Waals surface area contributed by atoms with Gasteiger partial charge in [-0.3, -0.25) is 14.2 Å². The van der Waals surface area contributed by atoms with E-state index in [-0.39, 0.29) is 23.8 Å². The highest BCUT2D eigenvalue weighted by Crippen LogP contribution is 2.35. The van der Waals surface area contributed by atoms with Crippen LogP contribution >= 0.6 is 0 Å². The molecule has 0 unspecified atom stereocenters. The van der Waals surface area contributed by atoms with Crippen LogP contribution in [-0.2, 0) is 17.9 Å². The third-order valence-corrected chi connectivity index (χ3v) is 5.96. The largest absolute Gasteiger partial charge is 0.419 e. The van der Waals surface area contributed by atoms with E-state index in [0.717, 1.165) is 12.1 Å². The fraction of sp³-hybridized carbons (Fsp3) is 0.381. The molecule has 144 valence electrons. The summed E-state index contributed by atoms with van der Waals surface area (Å²) in [5.74, 6) is 0.104. The Morgan fingerprint density at radius 3 is 2.79 bits per heavy atom. The molecule has 1 aromatic carbocycles. The lowest BCUT2D eigenvalue weighted by molar-refractivity contribution is -0.134. The number of fused-ring (bicyclic) bond motifs is 5. The number of hydrogen-bond donors (Lipinski definition) is 0. The van der Waals surface area contributed by atoms with Crippen LogP contribution in [0.5, 0.6) is 0 Å². The molecule has 4 heterocycles. The van der Waals surface area contributed by atoms with Crippen molar-refractivity contribution in [1.82, 2.24) is 14.0 Å². The number of piperidine rings is 1. The lowest BCUT2D eigenvalue weighted by Crippen LogP contribution is -2.49. The Labute approximate surface area is 160 Å². The maximum atomic E-state index is 12.9. The number of pyridine rings is 1. The van der Waals surface area contributed by atoms with Crippen LogP contribution in [0.4, 0.5) is 0 Å². The zero-order valence-corrected chi connectivity index (χ0v) is 15.4. The van der Waals surface area contributed by atoms with Gasteiger partial charge < -0.3 is 13.9 Å². The lowest BCUT2D eigenvalue weighted by Gasteiger charge is -2.42. The van der Waals surface area contributed by atoms with E-state index >= 15 is 0 Å². The Bertz CT molecular complexity index is 1170. The minimum absolute atomic E-state index is 0.0400. The van der Waals surface area contributed by atoms with Gasteiger partial charge in [-0.05, 0) is 30.5 Å². The zero-order valence-electron chi connectivity index (χ0n) is 15.4. The molecule has 0 radical (unpaired) electrons. The number of benzene rings is 1. The van der Waals surface area contributed by atoms with E-state index in [2.05, 4.69) is 0 Å². The van der Waals surface area contributed by atoms with Crippen molar-refractivity contribution >= 4 is 17.0 Å². The molecule has 0 spiro atoms. The molecule has 5 rings (SSSR count). The highest BCUT2D eigenvalue weighted by atomic mass is 16.4. The van der Waals surface area contributed by atoms with E-state index in [1.165, 1.54) is 4.57 Å². The predicted molar refractivity (Wildman–Crippen MR) is 103 cm³/mol. The number of carbonyl (C=O) groups excluding carboxylic acids is 1. The average Bonchev–Trinajstić information content (AvgIpc) is 3.02. The molecule has 1 saturated heterocycles. The van der Waals surface area contributed by atoms with Gasteiger partial charge in [-0.1, -0.05) is 18.2 Å². The van der Waals surface area contributed by atoms with Crippen molar-refractivity contribution in [2.75, 3.05) is 13.1 Å². The van der Waals surface area contributed by atoms with Gasteiger partial charge in [0.15, 0.2) is 5.58 Å². The molecule has 7 heteroatoms. The van der Waals surface area contributed by atoms with Gasteiger partial charge in [-0.15, -0.1) is 0 Å². The highest BCUT2D eigenvalue weighted by Gasteiger charge is 2.36. The lowest BCUT2D eigenvalue weighted by atomic mass is 9.83. The number of para-hydroxylation sites is 2. The Hall–Kier alpha value is -3.09. The molecule has 28 heavy (non-hydrogen) atoms. The van der Waals surface area contributed by atoms with Crippen LogP contribution < -0.4 is 11.3 Å². The summed E-state index contributed by atoms with van der Waals surface area (Å²) >= 11 is 0. The first kappa shape index (κ1) is 17.0. The number of nitrogens with zero attached hydrogens (tertiary/aromatic N) is 3. The van der Waals surface area contributed by atoms with E-state index in [4.69, 9.17) is 4.42 Å². The fourth-order valence-corrected chi connectivity index (χ4v) is 4.69. The summed E-state index contributed by atoms with van der Waals surface area (Å²) in [7, 11) is 0. The van der Waals surface area contributed by atoms with Gasteiger partial charge in [-0.25, -0.2) is 4.79 Å². The predicted octanol–water partition coefficient (Wildman–Crippen LogP) is 1.79. The van der Waals surface area contributed by atoms with Crippen LogP contribution in [0.1, 0.15) is 24.5 Å². The second-order valence-corrected chi connectivity index (χ2v) is 7.73. The summed E-state index contributed by atoms with van der Waals surface area (Å²) in [4.78, 5) is 39.0. The number of likely N-dealkylation sites (tertiary alicyclic amines) is 1. The fourth-order valence-electron chi connectivity index (χ4n) is 4.69. The van der Waals surface area contributed by atoms with E-state index in [0.29, 0.717) is 43.2 Å². The molecule has 0 N–H and O–H groups in total. The summed E-state index contributed by atoms with van der Waals surface area (Å²) in [6.07, 6.45) is 1.27. The maximum absolute atomic E-state index is 12.9. The van der Waals surface area contributed by atoms with Gasteiger partial charge in [0.25, 0.3) is 5.56 Å². The third kappa shape index (κ3) is 2.78. The van der Waals surface area contributed by atoms with E-state index < -0.39 is 5.76 Å². The molecule has 2 atom stereocenters. The number of oxazole rings is 1. The Balaban J connectivity index is 1.32. The van der Waals surface area contributed by atoms with Crippen molar-refractivity contribution in [3.63, 3.8) is 0 Å². The van der Waals surface area contributed by atoms with Crippen LogP contribution in [0, 0.1) is 5.92 Å². The van der Waals surface area contributed by atoms with Gasteiger partial charge in [0.2, 0.25) is 5.91 Å². The minimum atomic E-state index is -0.433. The maximum Gasteiger partial charge on any atom is 0.419 e. The smallest absolute Gasteiger partial charge is 0.408 e. The first-order valence-corrected chi connectivity index (χ1v) is 9.66. The van der Waals surface area contributed by atoms with Gasteiger partial charge in [0.05, 0.1) is 5.52 Å². The molecule has 1 amide bonds. The number of amides is 1. The Kier molecular flexibility index (Phi) is 3.96. The highest BCUT2D eigenvalue weighted by molar-refractivity contribution is 5.77. The van der Waals surface area contributed by atoms with Crippen molar-refractivity contribution in [3.8, 4) is 0 Å². The average molecular weight is 379 g/mol. The molecule has 2 bridgehead atoms. The number of hydrogen-bond acceptors (Lipinski definition) is 4. The monoisotopic (exact) mass is 379 g/mol. The van der Waals surface area contributed by atoms with Gasteiger partial charge in [0, 0.05) is 50.3 Å². The number of aryl methyl sites for hydroxylation is 1. The van der Waals surface area contributed by atoms with Crippen molar-refractivity contribution in [3.05, 3.63) is 69.1 Å². The molecule has 2 aromatic heterocycles. The number of aromatic nitrogens is 2. The molecular formula is C21H21N3O4. The molecule has 2 aliphatic rings. The standard InChI is InChI=1S/C21H21N3O4/c25-19(8-9-23-17-4-1-2-6-18(17)28-21(23)27)22-11-14-10-15(13-22)16-5-3-7-20(26)24(16)12-14/h1-7,14-15H,8-13H2/t14-,15+/m0/s1. The summed E-state index contributed by atoms with van der Waals surface area (Å²) in [6.45, 7) is 2.26. The SMILES string of the molecule is O=C(CCn1c(=O)oc2ccccc21)N1C[C@@H]2C[C@H](C1)c1cccc(=O)n1C2.